The Hall–Kier alpha value is -0.940. The van der Waals surface area contributed by atoms with E-state index in [0.717, 1.165) is 36.9 Å². The molecule has 1 atom stereocenters. The van der Waals surface area contributed by atoms with E-state index < -0.39 is 0 Å². The molecule has 1 aromatic heterocycles. The number of aryl methyl sites for hydroxylation is 1. The van der Waals surface area contributed by atoms with Crippen LogP contribution in [0.3, 0.4) is 0 Å². The second-order valence-corrected chi connectivity index (χ2v) is 5.46. The summed E-state index contributed by atoms with van der Waals surface area (Å²) in [6.07, 6.45) is 2.92. The molecule has 1 unspecified atom stereocenters. The highest BCUT2D eigenvalue weighted by Crippen LogP contribution is 2.31. The minimum atomic E-state index is -0.262. The second kappa shape index (κ2) is 4.63. The Morgan fingerprint density at radius 3 is 3.00 bits per heavy atom. The van der Waals surface area contributed by atoms with Gasteiger partial charge in [0.25, 0.3) is 0 Å². The number of halogens is 2. The van der Waals surface area contributed by atoms with Crippen molar-refractivity contribution in [3.05, 3.63) is 28.1 Å². The highest BCUT2D eigenvalue weighted by atomic mass is 79.9. The van der Waals surface area contributed by atoms with Gasteiger partial charge in [0.1, 0.15) is 5.52 Å². The lowest BCUT2D eigenvalue weighted by atomic mass is 10.1. The van der Waals surface area contributed by atoms with Crippen LogP contribution in [0.4, 0.5) is 4.39 Å². The molecule has 5 heteroatoms. The van der Waals surface area contributed by atoms with Crippen LogP contribution in [0, 0.1) is 12.7 Å². The van der Waals surface area contributed by atoms with Crippen molar-refractivity contribution in [3.8, 4) is 0 Å². The monoisotopic (exact) mass is 312 g/mol. The molecule has 0 aliphatic carbocycles. The molecule has 0 spiro atoms. The van der Waals surface area contributed by atoms with Gasteiger partial charge in [0, 0.05) is 12.0 Å². The predicted octanol–water partition coefficient (Wildman–Crippen LogP) is 3.95. The fraction of sp³-hybridized carbons (Fsp3) is 0.462. The van der Waals surface area contributed by atoms with Crippen molar-refractivity contribution in [1.82, 2.24) is 9.78 Å². The van der Waals surface area contributed by atoms with E-state index in [4.69, 9.17) is 4.74 Å². The fourth-order valence-corrected chi connectivity index (χ4v) is 2.77. The molecule has 2 aromatic rings. The van der Waals surface area contributed by atoms with Gasteiger partial charge in [-0.1, -0.05) is 0 Å². The van der Waals surface area contributed by atoms with Crippen LogP contribution in [0.15, 0.2) is 16.6 Å². The van der Waals surface area contributed by atoms with Crippen molar-refractivity contribution in [2.75, 3.05) is 6.61 Å². The highest BCUT2D eigenvalue weighted by molar-refractivity contribution is 9.10. The highest BCUT2D eigenvalue weighted by Gasteiger charge is 2.22. The summed E-state index contributed by atoms with van der Waals surface area (Å²) in [6.45, 7) is 2.62. The summed E-state index contributed by atoms with van der Waals surface area (Å²) in [5.74, 6) is -0.262. The molecular formula is C13H14BrFN2O. The topological polar surface area (TPSA) is 27.1 Å². The van der Waals surface area contributed by atoms with Gasteiger partial charge in [0.15, 0.2) is 12.0 Å². The van der Waals surface area contributed by atoms with E-state index in [1.807, 2.05) is 13.0 Å². The lowest BCUT2D eigenvalue weighted by molar-refractivity contribution is -0.0371. The standard InChI is InChI=1S/C13H14BrFN2O/c1-8-9-5-6-10(14)12(15)13(9)17(16-8)11-4-2-3-7-18-11/h5-6,11H,2-4,7H2,1H3. The Kier molecular flexibility index (Phi) is 3.11. The van der Waals surface area contributed by atoms with Gasteiger partial charge in [-0.15, -0.1) is 0 Å². The smallest absolute Gasteiger partial charge is 0.163 e. The van der Waals surface area contributed by atoms with Crippen molar-refractivity contribution in [3.63, 3.8) is 0 Å². The number of hydrogen-bond donors (Lipinski definition) is 0. The van der Waals surface area contributed by atoms with Crippen LogP contribution >= 0.6 is 15.9 Å². The van der Waals surface area contributed by atoms with E-state index in [-0.39, 0.29) is 12.0 Å². The van der Waals surface area contributed by atoms with Gasteiger partial charge in [-0.05, 0) is 54.2 Å². The molecule has 3 nitrogen and oxygen atoms in total. The number of nitrogens with zero attached hydrogens (tertiary/aromatic N) is 2. The van der Waals surface area contributed by atoms with E-state index >= 15 is 0 Å². The van der Waals surface area contributed by atoms with Crippen molar-refractivity contribution in [2.45, 2.75) is 32.4 Å². The molecule has 96 valence electrons. The molecule has 1 aliphatic rings. The minimum Gasteiger partial charge on any atom is -0.356 e. The first kappa shape index (κ1) is 12.1. The fourth-order valence-electron chi connectivity index (χ4n) is 2.45. The van der Waals surface area contributed by atoms with Crippen molar-refractivity contribution in [1.29, 1.82) is 0 Å². The largest absolute Gasteiger partial charge is 0.356 e. The third kappa shape index (κ3) is 1.86. The molecule has 1 aromatic carbocycles. The first-order valence-corrected chi connectivity index (χ1v) is 6.92. The summed E-state index contributed by atoms with van der Waals surface area (Å²) in [7, 11) is 0. The molecule has 0 bridgehead atoms. The lowest BCUT2D eigenvalue weighted by Gasteiger charge is -2.23. The molecule has 1 fully saturated rings. The first-order chi connectivity index (χ1) is 8.68. The number of rotatable bonds is 1. The van der Waals surface area contributed by atoms with Crippen LogP contribution in [0.2, 0.25) is 0 Å². The Bertz CT molecular complexity index is 590. The van der Waals surface area contributed by atoms with Crippen molar-refractivity contribution < 1.29 is 9.13 Å². The SMILES string of the molecule is Cc1nn(C2CCCCO2)c2c(F)c(Br)ccc12. The molecule has 0 saturated carbocycles. The van der Waals surface area contributed by atoms with Crippen LogP contribution in [-0.2, 0) is 4.74 Å². The van der Waals surface area contributed by atoms with Crippen LogP contribution < -0.4 is 0 Å². The zero-order chi connectivity index (χ0) is 12.7. The quantitative estimate of drug-likeness (QED) is 0.797. The summed E-state index contributed by atoms with van der Waals surface area (Å²) in [5, 5.41) is 5.30. The molecular weight excluding hydrogens is 299 g/mol. The Labute approximate surface area is 113 Å². The number of benzene rings is 1. The van der Waals surface area contributed by atoms with E-state index in [1.54, 1.807) is 10.7 Å². The molecule has 2 heterocycles. The zero-order valence-electron chi connectivity index (χ0n) is 10.1. The predicted molar refractivity (Wildman–Crippen MR) is 71.0 cm³/mol. The minimum absolute atomic E-state index is 0.140. The summed E-state index contributed by atoms with van der Waals surface area (Å²) >= 11 is 3.23. The summed E-state index contributed by atoms with van der Waals surface area (Å²) in [4.78, 5) is 0. The molecule has 18 heavy (non-hydrogen) atoms. The number of fused-ring (bicyclic) bond motifs is 1. The third-order valence-corrected chi connectivity index (χ3v) is 3.99. The van der Waals surface area contributed by atoms with Gasteiger partial charge in [0.05, 0.1) is 10.2 Å². The number of ether oxygens (including phenoxy) is 1. The van der Waals surface area contributed by atoms with Crippen LogP contribution in [-0.4, -0.2) is 16.4 Å². The average molecular weight is 313 g/mol. The maximum atomic E-state index is 14.3. The van der Waals surface area contributed by atoms with Gasteiger partial charge >= 0.3 is 0 Å². The zero-order valence-corrected chi connectivity index (χ0v) is 11.7. The van der Waals surface area contributed by atoms with Gasteiger partial charge in [-0.3, -0.25) is 0 Å². The maximum Gasteiger partial charge on any atom is 0.163 e. The van der Waals surface area contributed by atoms with E-state index in [1.165, 1.54) is 0 Å². The van der Waals surface area contributed by atoms with Crippen LogP contribution in [0.25, 0.3) is 10.9 Å². The molecule has 0 amide bonds. The summed E-state index contributed by atoms with van der Waals surface area (Å²) in [5.41, 5.74) is 1.37. The van der Waals surface area contributed by atoms with E-state index in [0.29, 0.717) is 9.99 Å². The van der Waals surface area contributed by atoms with Gasteiger partial charge in [-0.25, -0.2) is 9.07 Å². The van der Waals surface area contributed by atoms with Gasteiger partial charge in [0.2, 0.25) is 0 Å². The van der Waals surface area contributed by atoms with Crippen LogP contribution in [0.1, 0.15) is 31.2 Å². The number of aromatic nitrogens is 2. The molecule has 0 radical (unpaired) electrons. The van der Waals surface area contributed by atoms with Gasteiger partial charge in [-0.2, -0.15) is 5.10 Å². The molecule has 1 saturated heterocycles. The molecule has 3 rings (SSSR count). The lowest BCUT2D eigenvalue weighted by Crippen LogP contribution is -2.19. The average Bonchev–Trinajstić information content (AvgIpc) is 2.73. The first-order valence-electron chi connectivity index (χ1n) is 6.13. The van der Waals surface area contributed by atoms with Gasteiger partial charge < -0.3 is 4.74 Å². The Balaban J connectivity index is 2.19. The molecule has 1 aliphatic heterocycles. The molecule has 0 N–H and O–H groups in total. The van der Waals surface area contributed by atoms with Crippen molar-refractivity contribution >= 4 is 26.8 Å². The summed E-state index contributed by atoms with van der Waals surface area (Å²) < 4.78 is 22.1. The van der Waals surface area contributed by atoms with Crippen molar-refractivity contribution in [2.24, 2.45) is 0 Å². The number of hydrogen-bond acceptors (Lipinski definition) is 2. The maximum absolute atomic E-state index is 14.3. The second-order valence-electron chi connectivity index (χ2n) is 4.61. The van der Waals surface area contributed by atoms with E-state index in [2.05, 4.69) is 21.0 Å². The Morgan fingerprint density at radius 2 is 2.28 bits per heavy atom. The normalized spacial score (nSPS) is 20.5. The summed E-state index contributed by atoms with van der Waals surface area (Å²) in [6, 6.07) is 3.61. The third-order valence-electron chi connectivity index (χ3n) is 3.37. The van der Waals surface area contributed by atoms with Crippen LogP contribution in [0.5, 0.6) is 0 Å². The van der Waals surface area contributed by atoms with E-state index in [9.17, 15) is 4.39 Å². The Morgan fingerprint density at radius 1 is 1.44 bits per heavy atom.